The zero-order valence-electron chi connectivity index (χ0n) is 26.9. The third-order valence-electron chi connectivity index (χ3n) is 7.61. The van der Waals surface area contributed by atoms with Crippen LogP contribution < -0.4 is 10.1 Å². The Morgan fingerprint density at radius 3 is 2.33 bits per heavy atom. The van der Waals surface area contributed by atoms with E-state index < -0.39 is 0 Å². The van der Waals surface area contributed by atoms with Crippen molar-refractivity contribution in [3.05, 3.63) is 101 Å². The Hall–Kier alpha value is -2.86. The summed E-state index contributed by atoms with van der Waals surface area (Å²) in [5, 5.41) is 3.39. The lowest BCUT2D eigenvalue weighted by Crippen LogP contribution is -2.43. The molecule has 2 aromatic rings. The molecule has 1 fully saturated rings. The van der Waals surface area contributed by atoms with E-state index in [0.29, 0.717) is 12.2 Å². The number of carbonyl (C=O) groups excluding carboxylic acids is 1. The van der Waals surface area contributed by atoms with Gasteiger partial charge in [-0.05, 0) is 121 Å². The number of piperazine rings is 1. The van der Waals surface area contributed by atoms with Crippen LogP contribution in [0.15, 0.2) is 94.4 Å². The summed E-state index contributed by atoms with van der Waals surface area (Å²) in [7, 11) is 0. The molecule has 0 aromatic heterocycles. The van der Waals surface area contributed by atoms with Crippen molar-refractivity contribution in [2.45, 2.75) is 71.1 Å². The van der Waals surface area contributed by atoms with Gasteiger partial charge in [-0.15, -0.1) is 11.8 Å². The molecule has 5 heteroatoms. The van der Waals surface area contributed by atoms with Crippen LogP contribution in [-0.2, 0) is 0 Å². The molecule has 0 radical (unpaired) electrons. The van der Waals surface area contributed by atoms with E-state index in [9.17, 15) is 4.79 Å². The van der Waals surface area contributed by atoms with Gasteiger partial charge in [-0.25, -0.2) is 0 Å². The van der Waals surface area contributed by atoms with Gasteiger partial charge in [0.25, 0.3) is 0 Å². The van der Waals surface area contributed by atoms with E-state index in [1.165, 1.54) is 21.6 Å². The van der Waals surface area contributed by atoms with Crippen LogP contribution in [-0.4, -0.2) is 55.8 Å². The highest BCUT2D eigenvalue weighted by molar-refractivity contribution is 7.99. The Morgan fingerprint density at radius 2 is 1.58 bits per heavy atom. The number of benzene rings is 2. The van der Waals surface area contributed by atoms with Gasteiger partial charge >= 0.3 is 0 Å². The minimum Gasteiger partial charge on any atom is -0.494 e. The van der Waals surface area contributed by atoms with Crippen LogP contribution in [0.3, 0.4) is 0 Å². The fourth-order valence-electron chi connectivity index (χ4n) is 4.90. The number of hydrogen-bond acceptors (Lipinski definition) is 5. The largest absolute Gasteiger partial charge is 0.494 e. The first kappa shape index (κ1) is 34.6. The molecule has 0 bridgehead atoms. The van der Waals surface area contributed by atoms with Gasteiger partial charge < -0.3 is 15.0 Å². The molecule has 43 heavy (non-hydrogen) atoms. The molecule has 0 saturated carbocycles. The maximum absolute atomic E-state index is 12.9. The van der Waals surface area contributed by atoms with E-state index in [0.717, 1.165) is 88.3 Å². The van der Waals surface area contributed by atoms with E-state index in [2.05, 4.69) is 74.3 Å². The number of nitrogens with zero attached hydrogens (tertiary/aromatic N) is 1. The van der Waals surface area contributed by atoms with Gasteiger partial charge in [0.2, 0.25) is 0 Å². The number of rotatable bonds is 18. The van der Waals surface area contributed by atoms with Gasteiger partial charge in [0, 0.05) is 42.4 Å². The third kappa shape index (κ3) is 14.4. The molecule has 1 N–H and O–H groups in total. The lowest BCUT2D eigenvalue weighted by molar-refractivity contribution is 0.104. The summed E-state index contributed by atoms with van der Waals surface area (Å²) < 4.78 is 5.91. The highest BCUT2D eigenvalue weighted by atomic mass is 32.2. The maximum Gasteiger partial charge on any atom is 0.185 e. The van der Waals surface area contributed by atoms with Crippen LogP contribution >= 0.6 is 11.8 Å². The molecular weight excluding hydrogens is 548 g/mol. The second kappa shape index (κ2) is 20.2. The quantitative estimate of drug-likeness (QED) is 0.0607. The van der Waals surface area contributed by atoms with Crippen molar-refractivity contribution < 1.29 is 9.53 Å². The minimum atomic E-state index is 0.00214. The summed E-state index contributed by atoms with van der Waals surface area (Å²) in [4.78, 5) is 16.6. The third-order valence-corrected chi connectivity index (χ3v) is 8.63. The highest BCUT2D eigenvalue weighted by Crippen LogP contribution is 2.25. The Balaban J connectivity index is 1.40. The number of thioether (sulfide) groups is 1. The first-order chi connectivity index (χ1) is 20.9. The van der Waals surface area contributed by atoms with Crippen LogP contribution in [0.5, 0.6) is 5.75 Å². The van der Waals surface area contributed by atoms with Gasteiger partial charge in [0.1, 0.15) is 5.75 Å². The molecule has 0 spiro atoms. The Bertz CT molecular complexity index is 1230. The Kier molecular flexibility index (Phi) is 16.2. The molecule has 232 valence electrons. The van der Waals surface area contributed by atoms with Crippen molar-refractivity contribution in [1.82, 2.24) is 10.2 Å². The zero-order valence-corrected chi connectivity index (χ0v) is 27.7. The lowest BCUT2D eigenvalue weighted by atomic mass is 10.1. The predicted octanol–water partition coefficient (Wildman–Crippen LogP) is 9.16. The number of nitrogens with one attached hydrogen (secondary N) is 1. The molecule has 1 aliphatic rings. The molecule has 4 nitrogen and oxygen atoms in total. The fraction of sp³-hybridized carbons (Fsp3) is 0.447. The smallest absolute Gasteiger partial charge is 0.185 e. The number of allylic oxidation sites excluding steroid dienone is 6. The number of carbonyl (C=O) groups is 1. The Morgan fingerprint density at radius 1 is 0.884 bits per heavy atom. The summed E-state index contributed by atoms with van der Waals surface area (Å²) >= 11 is 1.81. The summed E-state index contributed by atoms with van der Waals surface area (Å²) in [5.74, 6) is 1.74. The van der Waals surface area contributed by atoms with Crippen LogP contribution in [0.25, 0.3) is 6.08 Å². The van der Waals surface area contributed by atoms with E-state index in [1.54, 1.807) is 6.08 Å². The van der Waals surface area contributed by atoms with Gasteiger partial charge in [-0.2, -0.15) is 0 Å². The number of hydrogen-bond donors (Lipinski definition) is 1. The van der Waals surface area contributed by atoms with E-state index in [4.69, 9.17) is 4.74 Å². The zero-order chi connectivity index (χ0) is 30.7. The summed E-state index contributed by atoms with van der Waals surface area (Å²) in [5.41, 5.74) is 6.04. The molecule has 3 rings (SSSR count). The van der Waals surface area contributed by atoms with Crippen molar-refractivity contribution >= 4 is 23.6 Å². The summed E-state index contributed by atoms with van der Waals surface area (Å²) in [6, 6.07) is 15.8. The molecule has 2 aromatic carbocycles. The monoisotopic (exact) mass is 600 g/mol. The molecule has 0 aliphatic carbocycles. The summed E-state index contributed by atoms with van der Waals surface area (Å²) in [6.45, 7) is 15.1. The molecule has 0 atom stereocenters. The van der Waals surface area contributed by atoms with Gasteiger partial charge in [-0.1, -0.05) is 53.1 Å². The van der Waals surface area contributed by atoms with Crippen molar-refractivity contribution in [2.75, 3.05) is 45.1 Å². The minimum absolute atomic E-state index is 0.00214. The molecule has 1 heterocycles. The Labute approximate surface area is 265 Å². The van der Waals surface area contributed by atoms with Crippen LogP contribution in [0.4, 0.5) is 0 Å². The average Bonchev–Trinajstić information content (AvgIpc) is 3.01. The van der Waals surface area contributed by atoms with E-state index in [1.807, 2.05) is 48.2 Å². The SMILES string of the molecule is CC(C)=CCCC(C)=CCCC(C)=CCSc1ccccc1/C=C/C(=O)c1ccc(OCCCCN2CCNCC2)cc1. The lowest BCUT2D eigenvalue weighted by Gasteiger charge is -2.26. The molecule has 0 amide bonds. The van der Waals surface area contributed by atoms with Crippen LogP contribution in [0.2, 0.25) is 0 Å². The summed E-state index contributed by atoms with van der Waals surface area (Å²) in [6.07, 6.45) is 17.3. The number of ether oxygens (including phenoxy) is 1. The standard InChI is InChI=1S/C38H52N2O2S/c1-31(2)11-9-12-32(3)13-10-14-33(4)23-30-43-38-16-6-5-15-35(38)19-22-37(41)34-17-20-36(21-18-34)42-29-8-7-26-40-27-24-39-25-28-40/h5-6,11,13,15-23,39H,7-10,12,14,24-30H2,1-4H3/b22-19+,32-13?,33-23?. The second-order valence-corrected chi connectivity index (χ2v) is 12.7. The average molecular weight is 601 g/mol. The highest BCUT2D eigenvalue weighted by Gasteiger charge is 2.08. The molecule has 1 saturated heterocycles. The van der Waals surface area contributed by atoms with Gasteiger partial charge in [0.15, 0.2) is 5.78 Å². The van der Waals surface area contributed by atoms with E-state index >= 15 is 0 Å². The second-order valence-electron chi connectivity index (χ2n) is 11.7. The maximum atomic E-state index is 12.9. The fourth-order valence-corrected chi connectivity index (χ4v) is 5.93. The van der Waals surface area contributed by atoms with Gasteiger partial charge in [0.05, 0.1) is 6.61 Å². The first-order valence-corrected chi connectivity index (χ1v) is 16.9. The first-order valence-electron chi connectivity index (χ1n) is 16.0. The number of unbranched alkanes of at least 4 members (excludes halogenated alkanes) is 1. The molecule has 0 unspecified atom stereocenters. The van der Waals surface area contributed by atoms with E-state index in [-0.39, 0.29) is 5.78 Å². The van der Waals surface area contributed by atoms with Crippen molar-refractivity contribution in [2.24, 2.45) is 0 Å². The van der Waals surface area contributed by atoms with Crippen LogP contribution in [0, 0.1) is 0 Å². The normalized spacial score (nSPS) is 14.7. The predicted molar refractivity (Wildman–Crippen MR) is 186 cm³/mol. The van der Waals surface area contributed by atoms with Crippen molar-refractivity contribution in [1.29, 1.82) is 0 Å². The van der Waals surface area contributed by atoms with Crippen molar-refractivity contribution in [3.63, 3.8) is 0 Å². The topological polar surface area (TPSA) is 41.6 Å². The number of ketones is 1. The molecule has 1 aliphatic heterocycles. The van der Waals surface area contributed by atoms with Crippen LogP contribution in [0.1, 0.15) is 82.1 Å². The van der Waals surface area contributed by atoms with Crippen molar-refractivity contribution in [3.8, 4) is 5.75 Å². The molecular formula is C38H52N2O2S. The van der Waals surface area contributed by atoms with Gasteiger partial charge in [-0.3, -0.25) is 4.79 Å².